The number of benzene rings is 2. The van der Waals surface area contributed by atoms with Crippen molar-refractivity contribution in [1.29, 1.82) is 0 Å². The second-order valence-corrected chi connectivity index (χ2v) is 8.12. The Hall–Kier alpha value is -3.14. The van der Waals surface area contributed by atoms with Gasteiger partial charge in [-0.15, -0.1) is 11.3 Å². The molecule has 0 saturated carbocycles. The molecular formula is C19H14N4O3S2. The fourth-order valence-corrected chi connectivity index (χ4v) is 3.70. The van der Waals surface area contributed by atoms with Crippen LogP contribution in [0.1, 0.15) is 0 Å². The number of nitrogens with zero attached hydrogens (tertiary/aromatic N) is 3. The third-order valence-corrected chi connectivity index (χ3v) is 5.57. The number of nitrogens with one attached hydrogen (secondary N) is 1. The van der Waals surface area contributed by atoms with Gasteiger partial charge in [0.15, 0.2) is 0 Å². The fourth-order valence-electron chi connectivity index (χ4n) is 2.61. The van der Waals surface area contributed by atoms with Crippen molar-refractivity contribution >= 4 is 33.1 Å². The summed E-state index contributed by atoms with van der Waals surface area (Å²) in [6, 6.07) is 15.4. The number of rotatable bonds is 5. The topological polar surface area (TPSA) is 105 Å². The van der Waals surface area contributed by atoms with Crippen LogP contribution in [0.25, 0.3) is 21.8 Å². The molecule has 2 aromatic carbocycles. The first-order chi connectivity index (χ1) is 13.5. The Morgan fingerprint density at radius 2 is 1.75 bits per heavy atom. The number of hydrogen-bond donors (Lipinski definition) is 2. The number of hydrogen-bond acceptors (Lipinski definition) is 7. The Balaban J connectivity index is 1.59. The highest BCUT2D eigenvalue weighted by molar-refractivity contribution is 7.85. The van der Waals surface area contributed by atoms with E-state index in [0.29, 0.717) is 5.95 Å². The molecule has 0 aliphatic heterocycles. The van der Waals surface area contributed by atoms with Crippen LogP contribution in [0.2, 0.25) is 0 Å². The minimum Gasteiger partial charge on any atom is -0.324 e. The second kappa shape index (κ2) is 7.47. The smallest absolute Gasteiger partial charge is 0.294 e. The van der Waals surface area contributed by atoms with E-state index in [-0.39, 0.29) is 4.90 Å². The molecule has 0 saturated heterocycles. The Bertz CT molecular complexity index is 1210. The van der Waals surface area contributed by atoms with Crippen molar-refractivity contribution in [3.8, 4) is 21.8 Å². The molecule has 0 spiro atoms. The van der Waals surface area contributed by atoms with E-state index in [2.05, 4.69) is 20.3 Å². The van der Waals surface area contributed by atoms with E-state index in [4.69, 9.17) is 4.55 Å². The summed E-state index contributed by atoms with van der Waals surface area (Å²) in [6.45, 7) is 0. The average molecular weight is 410 g/mol. The Kier molecular flexibility index (Phi) is 4.86. The molecule has 2 N–H and O–H groups in total. The van der Waals surface area contributed by atoms with Crippen molar-refractivity contribution in [3.63, 3.8) is 0 Å². The van der Waals surface area contributed by atoms with Gasteiger partial charge in [0.2, 0.25) is 5.95 Å². The molecular weight excluding hydrogens is 396 g/mol. The van der Waals surface area contributed by atoms with E-state index < -0.39 is 10.1 Å². The maximum absolute atomic E-state index is 11.2. The standard InChI is InChI=1S/C19H14N4O3S2/c24-28(25,26)16-6-4-13(5-7-16)14-2-1-3-15(12-14)22-19-21-9-8-17(23-19)18-20-10-11-27-18/h1-12H,(H,21,22,23)(H,24,25,26). The van der Waals surface area contributed by atoms with Gasteiger partial charge >= 0.3 is 0 Å². The number of thiazole rings is 1. The predicted molar refractivity (Wildman–Crippen MR) is 108 cm³/mol. The van der Waals surface area contributed by atoms with Gasteiger partial charge in [-0.05, 0) is 41.5 Å². The van der Waals surface area contributed by atoms with Gasteiger partial charge in [0, 0.05) is 23.5 Å². The Morgan fingerprint density at radius 3 is 2.46 bits per heavy atom. The van der Waals surface area contributed by atoms with E-state index >= 15 is 0 Å². The first kappa shape index (κ1) is 18.2. The summed E-state index contributed by atoms with van der Waals surface area (Å²) >= 11 is 1.50. The van der Waals surface area contributed by atoms with Gasteiger partial charge in [-0.25, -0.2) is 15.0 Å². The zero-order valence-electron chi connectivity index (χ0n) is 14.4. The van der Waals surface area contributed by atoms with Crippen LogP contribution in [0.15, 0.2) is 77.3 Å². The lowest BCUT2D eigenvalue weighted by molar-refractivity contribution is 0.483. The van der Waals surface area contributed by atoms with Crippen molar-refractivity contribution in [3.05, 3.63) is 72.4 Å². The van der Waals surface area contributed by atoms with E-state index in [0.717, 1.165) is 27.5 Å². The summed E-state index contributed by atoms with van der Waals surface area (Å²) in [5.74, 6) is 0.451. The molecule has 4 rings (SSSR count). The zero-order chi connectivity index (χ0) is 19.6. The molecule has 9 heteroatoms. The van der Waals surface area contributed by atoms with Crippen LogP contribution >= 0.6 is 11.3 Å². The highest BCUT2D eigenvalue weighted by Crippen LogP contribution is 2.26. The summed E-state index contributed by atoms with van der Waals surface area (Å²) in [5.41, 5.74) is 3.22. The SMILES string of the molecule is O=S(=O)(O)c1ccc(-c2cccc(Nc3nccc(-c4nccs4)n3)c2)cc1. The molecule has 140 valence electrons. The molecule has 0 unspecified atom stereocenters. The molecule has 4 aromatic rings. The van der Waals surface area contributed by atoms with Crippen LogP contribution in [-0.4, -0.2) is 27.9 Å². The number of aromatic nitrogens is 3. The summed E-state index contributed by atoms with van der Waals surface area (Å²) in [7, 11) is -4.21. The van der Waals surface area contributed by atoms with Gasteiger partial charge in [0.25, 0.3) is 10.1 Å². The minimum absolute atomic E-state index is 0.141. The molecule has 2 aromatic heterocycles. The van der Waals surface area contributed by atoms with Crippen molar-refractivity contribution in [2.75, 3.05) is 5.32 Å². The van der Waals surface area contributed by atoms with Gasteiger partial charge in [-0.1, -0.05) is 24.3 Å². The third kappa shape index (κ3) is 4.06. The van der Waals surface area contributed by atoms with Crippen LogP contribution in [0.3, 0.4) is 0 Å². The second-order valence-electron chi connectivity index (χ2n) is 5.81. The molecule has 0 atom stereocenters. The normalized spacial score (nSPS) is 11.3. The molecule has 7 nitrogen and oxygen atoms in total. The van der Waals surface area contributed by atoms with Crippen LogP contribution in [0.5, 0.6) is 0 Å². The van der Waals surface area contributed by atoms with Gasteiger partial charge in [0.05, 0.1) is 4.90 Å². The van der Waals surface area contributed by atoms with Gasteiger partial charge in [-0.3, -0.25) is 4.55 Å². The third-order valence-electron chi connectivity index (χ3n) is 3.91. The quantitative estimate of drug-likeness (QED) is 0.474. The van der Waals surface area contributed by atoms with Crippen LogP contribution in [0, 0.1) is 0 Å². The molecule has 2 heterocycles. The highest BCUT2D eigenvalue weighted by Gasteiger charge is 2.10. The Labute approximate surface area is 165 Å². The summed E-state index contributed by atoms with van der Waals surface area (Å²) in [5, 5.41) is 5.88. The van der Waals surface area contributed by atoms with Crippen LogP contribution < -0.4 is 5.32 Å². The van der Waals surface area contributed by atoms with Crippen LogP contribution in [-0.2, 0) is 10.1 Å². The van der Waals surface area contributed by atoms with Gasteiger partial charge < -0.3 is 5.32 Å². The lowest BCUT2D eigenvalue weighted by Crippen LogP contribution is -1.98. The summed E-state index contributed by atoms with van der Waals surface area (Å²) < 4.78 is 31.5. The first-order valence-corrected chi connectivity index (χ1v) is 10.5. The molecule has 0 radical (unpaired) electrons. The molecule has 0 aliphatic rings. The zero-order valence-corrected chi connectivity index (χ0v) is 16.0. The molecule has 0 bridgehead atoms. The van der Waals surface area contributed by atoms with E-state index in [1.807, 2.05) is 29.6 Å². The van der Waals surface area contributed by atoms with E-state index in [9.17, 15) is 8.42 Å². The molecule has 0 aliphatic carbocycles. The van der Waals surface area contributed by atoms with Gasteiger partial charge in [0.1, 0.15) is 10.7 Å². The monoisotopic (exact) mass is 410 g/mol. The molecule has 0 amide bonds. The van der Waals surface area contributed by atoms with Crippen LogP contribution in [0.4, 0.5) is 11.6 Å². The summed E-state index contributed by atoms with van der Waals surface area (Å²) in [4.78, 5) is 12.8. The van der Waals surface area contributed by atoms with E-state index in [1.165, 1.54) is 23.5 Å². The first-order valence-electron chi connectivity index (χ1n) is 8.17. The number of anilines is 2. The van der Waals surface area contributed by atoms with Crippen molar-refractivity contribution < 1.29 is 13.0 Å². The summed E-state index contributed by atoms with van der Waals surface area (Å²) in [6.07, 6.45) is 3.40. The van der Waals surface area contributed by atoms with Crippen molar-refractivity contribution in [2.45, 2.75) is 4.90 Å². The lowest BCUT2D eigenvalue weighted by atomic mass is 10.1. The average Bonchev–Trinajstić information content (AvgIpc) is 3.23. The Morgan fingerprint density at radius 1 is 0.929 bits per heavy atom. The maximum atomic E-state index is 11.2. The predicted octanol–water partition coefficient (Wildman–Crippen LogP) is 4.26. The lowest BCUT2D eigenvalue weighted by Gasteiger charge is -2.08. The van der Waals surface area contributed by atoms with E-state index in [1.54, 1.807) is 30.6 Å². The minimum atomic E-state index is -4.21. The van der Waals surface area contributed by atoms with Crippen molar-refractivity contribution in [2.24, 2.45) is 0 Å². The largest absolute Gasteiger partial charge is 0.324 e. The van der Waals surface area contributed by atoms with Crippen molar-refractivity contribution in [1.82, 2.24) is 15.0 Å². The molecule has 28 heavy (non-hydrogen) atoms. The maximum Gasteiger partial charge on any atom is 0.294 e. The van der Waals surface area contributed by atoms with Gasteiger partial charge in [-0.2, -0.15) is 8.42 Å². The molecule has 0 fully saturated rings. The highest BCUT2D eigenvalue weighted by atomic mass is 32.2. The fraction of sp³-hybridized carbons (Fsp3) is 0.